The van der Waals surface area contributed by atoms with Gasteiger partial charge in [-0.1, -0.05) is 40.0 Å². The Morgan fingerprint density at radius 1 is 1.16 bits per heavy atom. The molecule has 19 heavy (non-hydrogen) atoms. The molecule has 0 aliphatic carbocycles. The van der Waals surface area contributed by atoms with Crippen molar-refractivity contribution >= 4 is 0 Å². The van der Waals surface area contributed by atoms with Crippen molar-refractivity contribution in [3.63, 3.8) is 0 Å². The fourth-order valence-corrected chi connectivity index (χ4v) is 2.16. The van der Waals surface area contributed by atoms with E-state index >= 15 is 0 Å². The first-order chi connectivity index (χ1) is 9.31. The number of ether oxygens (including phenoxy) is 1. The van der Waals surface area contributed by atoms with Crippen LogP contribution in [0.1, 0.15) is 64.5 Å². The van der Waals surface area contributed by atoms with Crippen LogP contribution < -0.4 is 10.1 Å². The lowest BCUT2D eigenvalue weighted by atomic mass is 10.0. The Morgan fingerprint density at radius 3 is 2.68 bits per heavy atom. The van der Waals surface area contributed by atoms with Crippen LogP contribution in [0.4, 0.5) is 0 Å². The Hall–Kier alpha value is -1.09. The van der Waals surface area contributed by atoms with Gasteiger partial charge in [0, 0.05) is 12.2 Å². The summed E-state index contributed by atoms with van der Waals surface area (Å²) in [5, 5.41) is 3.55. The Labute approximate surface area is 117 Å². The quantitative estimate of drug-likeness (QED) is 0.646. The van der Waals surface area contributed by atoms with Crippen LogP contribution in [-0.4, -0.2) is 18.1 Å². The summed E-state index contributed by atoms with van der Waals surface area (Å²) in [6, 6.07) is 2.52. The van der Waals surface area contributed by atoms with E-state index in [-0.39, 0.29) is 0 Å². The minimum Gasteiger partial charge on any atom is -0.492 e. The number of pyridine rings is 1. The molecule has 0 radical (unpaired) electrons. The fraction of sp³-hybridized carbons (Fsp3) is 0.688. The first-order valence-corrected chi connectivity index (χ1v) is 7.62. The zero-order chi connectivity index (χ0) is 13.9. The molecule has 0 aliphatic rings. The van der Waals surface area contributed by atoms with Crippen molar-refractivity contribution in [1.29, 1.82) is 0 Å². The molecule has 0 bridgehead atoms. The Bertz CT molecular complexity index is 341. The van der Waals surface area contributed by atoms with E-state index in [4.69, 9.17) is 4.74 Å². The molecule has 3 heteroatoms. The average Bonchev–Trinajstić information content (AvgIpc) is 2.45. The van der Waals surface area contributed by atoms with Gasteiger partial charge in [-0.25, -0.2) is 0 Å². The van der Waals surface area contributed by atoms with E-state index < -0.39 is 0 Å². The Kier molecular flexibility index (Phi) is 8.23. The second-order valence-electron chi connectivity index (χ2n) is 4.91. The van der Waals surface area contributed by atoms with E-state index in [1.807, 2.05) is 6.20 Å². The van der Waals surface area contributed by atoms with E-state index in [0.717, 1.165) is 25.3 Å². The molecular weight excluding hydrogens is 236 g/mol. The van der Waals surface area contributed by atoms with Crippen molar-refractivity contribution in [2.75, 3.05) is 13.2 Å². The van der Waals surface area contributed by atoms with Crippen LogP contribution in [0.3, 0.4) is 0 Å². The molecule has 108 valence electrons. The minimum atomic E-state index is 0.397. The number of nitrogens with zero attached hydrogens (tertiary/aromatic N) is 1. The Balaban J connectivity index is 2.65. The third kappa shape index (κ3) is 6.06. The zero-order valence-electron chi connectivity index (χ0n) is 12.6. The molecule has 1 rings (SSSR count). The van der Waals surface area contributed by atoms with Crippen molar-refractivity contribution in [2.45, 2.75) is 58.9 Å². The lowest BCUT2D eigenvalue weighted by molar-refractivity contribution is 0.315. The van der Waals surface area contributed by atoms with Gasteiger partial charge in [-0.3, -0.25) is 4.98 Å². The first-order valence-electron chi connectivity index (χ1n) is 7.62. The first kappa shape index (κ1) is 16.0. The van der Waals surface area contributed by atoms with Crippen LogP contribution in [-0.2, 0) is 0 Å². The largest absolute Gasteiger partial charge is 0.492 e. The highest BCUT2D eigenvalue weighted by atomic mass is 16.5. The van der Waals surface area contributed by atoms with E-state index in [9.17, 15) is 0 Å². The molecule has 0 spiro atoms. The lowest BCUT2D eigenvalue weighted by Crippen LogP contribution is -2.21. The number of rotatable bonds is 10. The van der Waals surface area contributed by atoms with E-state index in [1.165, 1.54) is 31.2 Å². The zero-order valence-corrected chi connectivity index (χ0v) is 12.6. The predicted molar refractivity (Wildman–Crippen MR) is 80.6 cm³/mol. The SMILES string of the molecule is CCCCCC(NCC)c1cncc(OCCC)c1. The predicted octanol–water partition coefficient (Wildman–Crippen LogP) is 4.10. The van der Waals surface area contributed by atoms with Crippen LogP contribution in [0.2, 0.25) is 0 Å². The maximum atomic E-state index is 5.66. The Morgan fingerprint density at radius 2 is 2.00 bits per heavy atom. The average molecular weight is 264 g/mol. The topological polar surface area (TPSA) is 34.2 Å². The summed E-state index contributed by atoms with van der Waals surface area (Å²) in [6.07, 6.45) is 9.76. The summed E-state index contributed by atoms with van der Waals surface area (Å²) in [5.41, 5.74) is 1.24. The minimum absolute atomic E-state index is 0.397. The molecule has 0 aromatic carbocycles. The van der Waals surface area contributed by atoms with Crippen molar-refractivity contribution in [1.82, 2.24) is 10.3 Å². The number of aromatic nitrogens is 1. The van der Waals surface area contributed by atoms with Crippen LogP contribution in [0.15, 0.2) is 18.5 Å². The van der Waals surface area contributed by atoms with Gasteiger partial charge in [0.15, 0.2) is 0 Å². The molecule has 1 aromatic rings. The van der Waals surface area contributed by atoms with E-state index in [2.05, 4.69) is 37.1 Å². The van der Waals surface area contributed by atoms with Gasteiger partial charge in [0.25, 0.3) is 0 Å². The number of hydrogen-bond acceptors (Lipinski definition) is 3. The van der Waals surface area contributed by atoms with Crippen LogP contribution in [0, 0.1) is 0 Å². The third-order valence-corrected chi connectivity index (χ3v) is 3.16. The molecule has 0 amide bonds. The second-order valence-corrected chi connectivity index (χ2v) is 4.91. The summed E-state index contributed by atoms with van der Waals surface area (Å²) < 4.78 is 5.66. The summed E-state index contributed by atoms with van der Waals surface area (Å²) in [4.78, 5) is 4.30. The molecule has 0 fully saturated rings. The van der Waals surface area contributed by atoms with Crippen LogP contribution in [0.25, 0.3) is 0 Å². The molecule has 3 nitrogen and oxygen atoms in total. The number of hydrogen-bond donors (Lipinski definition) is 1. The van der Waals surface area contributed by atoms with Gasteiger partial charge in [0.05, 0.1) is 12.8 Å². The smallest absolute Gasteiger partial charge is 0.137 e. The highest BCUT2D eigenvalue weighted by molar-refractivity contribution is 5.26. The molecule has 1 N–H and O–H groups in total. The normalized spacial score (nSPS) is 12.4. The van der Waals surface area contributed by atoms with Crippen LogP contribution >= 0.6 is 0 Å². The van der Waals surface area contributed by atoms with Crippen molar-refractivity contribution in [3.8, 4) is 5.75 Å². The molecule has 1 heterocycles. The van der Waals surface area contributed by atoms with Gasteiger partial charge < -0.3 is 10.1 Å². The maximum Gasteiger partial charge on any atom is 0.137 e. The van der Waals surface area contributed by atoms with Crippen molar-refractivity contribution < 1.29 is 4.74 Å². The van der Waals surface area contributed by atoms with Gasteiger partial charge >= 0.3 is 0 Å². The molecule has 1 unspecified atom stereocenters. The van der Waals surface area contributed by atoms with Crippen molar-refractivity contribution in [3.05, 3.63) is 24.0 Å². The number of nitrogens with one attached hydrogen (secondary N) is 1. The van der Waals surface area contributed by atoms with Gasteiger partial charge in [-0.15, -0.1) is 0 Å². The molecule has 0 aliphatic heterocycles. The molecule has 0 saturated carbocycles. The molecule has 1 atom stereocenters. The van der Waals surface area contributed by atoms with Crippen molar-refractivity contribution in [2.24, 2.45) is 0 Å². The van der Waals surface area contributed by atoms with Gasteiger partial charge in [0.2, 0.25) is 0 Å². The van der Waals surface area contributed by atoms with Gasteiger partial charge in [-0.05, 0) is 31.0 Å². The number of unbranched alkanes of at least 4 members (excludes halogenated alkanes) is 2. The standard InChI is InChI=1S/C16H28N2O/c1-4-7-8-9-16(18-6-3)14-11-15(13-17-12-14)19-10-5-2/h11-13,16,18H,4-10H2,1-3H3. The van der Waals surface area contributed by atoms with Crippen LogP contribution in [0.5, 0.6) is 5.75 Å². The second kappa shape index (κ2) is 9.79. The lowest BCUT2D eigenvalue weighted by Gasteiger charge is -2.18. The summed E-state index contributed by atoms with van der Waals surface area (Å²) >= 11 is 0. The highest BCUT2D eigenvalue weighted by Crippen LogP contribution is 2.22. The van der Waals surface area contributed by atoms with E-state index in [1.54, 1.807) is 6.20 Å². The van der Waals surface area contributed by atoms with E-state index in [0.29, 0.717) is 6.04 Å². The summed E-state index contributed by atoms with van der Waals surface area (Å²) in [6.45, 7) is 8.24. The summed E-state index contributed by atoms with van der Waals surface area (Å²) in [5.74, 6) is 0.887. The third-order valence-electron chi connectivity index (χ3n) is 3.16. The summed E-state index contributed by atoms with van der Waals surface area (Å²) in [7, 11) is 0. The monoisotopic (exact) mass is 264 g/mol. The molecule has 1 aromatic heterocycles. The highest BCUT2D eigenvalue weighted by Gasteiger charge is 2.11. The van der Waals surface area contributed by atoms with Gasteiger partial charge in [0.1, 0.15) is 5.75 Å². The molecular formula is C16H28N2O. The maximum absolute atomic E-state index is 5.66. The van der Waals surface area contributed by atoms with Gasteiger partial charge in [-0.2, -0.15) is 0 Å². The molecule has 0 saturated heterocycles. The fourth-order valence-electron chi connectivity index (χ4n) is 2.16.